The molecule has 1 aliphatic heterocycles. The molecule has 11 heteroatoms. The third-order valence-corrected chi connectivity index (χ3v) is 9.40. The van der Waals surface area contributed by atoms with E-state index in [1.165, 1.54) is 8.99 Å². The van der Waals surface area contributed by atoms with Gasteiger partial charge >= 0.3 is 5.97 Å². The lowest BCUT2D eigenvalue weighted by molar-refractivity contribution is -0.137. The van der Waals surface area contributed by atoms with Crippen molar-refractivity contribution in [2.75, 3.05) is 6.54 Å². The van der Waals surface area contributed by atoms with Gasteiger partial charge in [0.1, 0.15) is 5.52 Å². The number of hydrogen-bond donors (Lipinski definition) is 1. The predicted octanol–water partition coefficient (Wildman–Crippen LogP) is 4.44. The molecular formula is C29H31FN4O5S. The molecule has 2 atom stereocenters. The summed E-state index contributed by atoms with van der Waals surface area (Å²) < 4.78 is 52.1. The second-order valence-electron chi connectivity index (χ2n) is 10.4. The summed E-state index contributed by atoms with van der Waals surface area (Å²) in [6.45, 7) is 5.91. The minimum Gasteiger partial charge on any atom is -0.481 e. The van der Waals surface area contributed by atoms with Crippen LogP contribution in [0.25, 0.3) is 11.0 Å². The molecule has 0 radical (unpaired) electrons. The van der Waals surface area contributed by atoms with E-state index in [1.54, 1.807) is 56.4 Å². The Morgan fingerprint density at radius 3 is 2.67 bits per heavy atom. The van der Waals surface area contributed by atoms with E-state index in [-0.39, 0.29) is 48.2 Å². The molecular weight excluding hydrogens is 535 g/mol. The number of benzene rings is 3. The van der Waals surface area contributed by atoms with Crippen LogP contribution in [0.1, 0.15) is 52.6 Å². The molecule has 1 unspecified atom stereocenters. The zero-order valence-corrected chi connectivity index (χ0v) is 23.6. The Morgan fingerprint density at radius 1 is 1.18 bits per heavy atom. The zero-order valence-electron chi connectivity index (χ0n) is 22.8. The summed E-state index contributed by atoms with van der Waals surface area (Å²) in [5, 5.41) is 17.7. The summed E-state index contributed by atoms with van der Waals surface area (Å²) in [5.41, 5.74) is 4.24. The third-order valence-electron chi connectivity index (χ3n) is 7.48. The first-order chi connectivity index (χ1) is 19.0. The number of carboxylic acid groups (broad SMARTS) is 1. The highest BCUT2D eigenvalue weighted by Crippen LogP contribution is 2.36. The second-order valence-corrected chi connectivity index (χ2v) is 12.3. The number of carboxylic acids is 1. The van der Waals surface area contributed by atoms with Gasteiger partial charge in [-0.05, 0) is 60.2 Å². The fourth-order valence-corrected chi connectivity index (χ4v) is 7.09. The molecule has 1 N–H and O–H groups in total. The van der Waals surface area contributed by atoms with E-state index >= 15 is 4.39 Å². The van der Waals surface area contributed by atoms with Crippen LogP contribution in [0.2, 0.25) is 0 Å². The minimum absolute atomic E-state index is 0.0501. The van der Waals surface area contributed by atoms with Gasteiger partial charge in [0, 0.05) is 26.1 Å². The third kappa shape index (κ3) is 5.12. The number of nitrogens with zero attached hydrogens (tertiary/aromatic N) is 4. The molecule has 3 aromatic carbocycles. The van der Waals surface area contributed by atoms with Crippen molar-refractivity contribution < 1.29 is 27.4 Å². The molecule has 0 bridgehead atoms. The Kier molecular flexibility index (Phi) is 7.47. The summed E-state index contributed by atoms with van der Waals surface area (Å²) in [4.78, 5) is 12.1. The number of sulfonamides is 1. The van der Waals surface area contributed by atoms with Crippen LogP contribution in [-0.4, -0.2) is 51.4 Å². The first-order valence-electron chi connectivity index (χ1n) is 13.0. The largest absolute Gasteiger partial charge is 0.481 e. The predicted molar refractivity (Wildman–Crippen MR) is 147 cm³/mol. The SMILES string of the molecule is Cc1ccc(C(CC(=O)O)c2cc(C)c3c(nnn3C)c2F)cc1CN1C[C@@H](C)OCc2ccccc2S1(=O)=O. The van der Waals surface area contributed by atoms with E-state index in [0.717, 1.165) is 11.1 Å². The fourth-order valence-electron chi connectivity index (χ4n) is 5.39. The van der Waals surface area contributed by atoms with Crippen LogP contribution >= 0.6 is 0 Å². The normalized spacial score (nSPS) is 18.2. The van der Waals surface area contributed by atoms with Gasteiger partial charge in [-0.25, -0.2) is 17.5 Å². The highest BCUT2D eigenvalue weighted by Gasteiger charge is 2.32. The molecule has 1 aromatic heterocycles. The van der Waals surface area contributed by atoms with Crippen LogP contribution in [-0.2, 0) is 39.8 Å². The second kappa shape index (κ2) is 10.7. The maximum Gasteiger partial charge on any atom is 0.304 e. The van der Waals surface area contributed by atoms with E-state index in [1.807, 2.05) is 19.9 Å². The minimum atomic E-state index is -3.85. The van der Waals surface area contributed by atoms with Crippen molar-refractivity contribution in [1.29, 1.82) is 0 Å². The molecule has 2 heterocycles. The van der Waals surface area contributed by atoms with Gasteiger partial charge < -0.3 is 9.84 Å². The van der Waals surface area contributed by atoms with Gasteiger partial charge in [0.2, 0.25) is 10.0 Å². The van der Waals surface area contributed by atoms with Gasteiger partial charge in [-0.15, -0.1) is 5.10 Å². The van der Waals surface area contributed by atoms with Crippen molar-refractivity contribution >= 4 is 27.0 Å². The van der Waals surface area contributed by atoms with Crippen LogP contribution in [0.4, 0.5) is 4.39 Å². The average molecular weight is 567 g/mol. The smallest absolute Gasteiger partial charge is 0.304 e. The lowest BCUT2D eigenvalue weighted by Gasteiger charge is -2.30. The Balaban J connectivity index is 1.58. The quantitative estimate of drug-likeness (QED) is 0.367. The van der Waals surface area contributed by atoms with Gasteiger partial charge in [0.25, 0.3) is 0 Å². The van der Waals surface area contributed by atoms with E-state index in [0.29, 0.717) is 22.2 Å². The molecule has 0 saturated heterocycles. The van der Waals surface area contributed by atoms with Crippen molar-refractivity contribution in [3.05, 3.63) is 87.7 Å². The maximum atomic E-state index is 15.8. The molecule has 0 spiro atoms. The Labute approximate surface area is 232 Å². The van der Waals surface area contributed by atoms with Crippen molar-refractivity contribution in [2.45, 2.75) is 57.3 Å². The van der Waals surface area contributed by atoms with Crippen molar-refractivity contribution in [3.8, 4) is 0 Å². The number of aromatic nitrogens is 3. The molecule has 9 nitrogen and oxygen atoms in total. The van der Waals surface area contributed by atoms with Crippen molar-refractivity contribution in [3.63, 3.8) is 0 Å². The number of hydrogen-bond acceptors (Lipinski definition) is 6. The highest BCUT2D eigenvalue weighted by atomic mass is 32.2. The number of fused-ring (bicyclic) bond motifs is 2. The van der Waals surface area contributed by atoms with E-state index < -0.39 is 27.7 Å². The number of aryl methyl sites for hydroxylation is 3. The van der Waals surface area contributed by atoms with Crippen LogP contribution < -0.4 is 0 Å². The number of aliphatic carboxylic acids is 1. The number of carbonyl (C=O) groups is 1. The molecule has 1 aliphatic rings. The van der Waals surface area contributed by atoms with Crippen LogP contribution in [0.15, 0.2) is 53.4 Å². The standard InChI is InChI=1S/C29H31FN4O5S/c1-17-9-10-20(23(13-26(35)36)24-11-18(2)29-28(27(24)30)31-32-33(29)4)12-22(17)15-34-14-19(3)39-16-21-7-5-6-8-25(21)40(34,37)38/h5-12,19,23H,13-16H2,1-4H3,(H,35,36)/t19-,23?/m1/s1. The molecule has 0 saturated carbocycles. The summed E-state index contributed by atoms with van der Waals surface area (Å²) in [6, 6.07) is 13.8. The molecule has 4 aromatic rings. The molecule has 40 heavy (non-hydrogen) atoms. The van der Waals surface area contributed by atoms with Crippen LogP contribution in [0.5, 0.6) is 0 Å². The molecule has 0 aliphatic carbocycles. The van der Waals surface area contributed by atoms with Crippen molar-refractivity contribution in [1.82, 2.24) is 19.3 Å². The summed E-state index contributed by atoms with van der Waals surface area (Å²) in [7, 11) is -2.18. The Hall–Kier alpha value is -3.67. The van der Waals surface area contributed by atoms with E-state index in [4.69, 9.17) is 4.74 Å². The first kappa shape index (κ1) is 27.9. The molecule has 5 rings (SSSR count). The Morgan fingerprint density at radius 2 is 1.93 bits per heavy atom. The highest BCUT2D eigenvalue weighted by molar-refractivity contribution is 7.89. The van der Waals surface area contributed by atoms with Crippen LogP contribution in [0.3, 0.4) is 0 Å². The lowest BCUT2D eigenvalue weighted by atomic mass is 9.85. The van der Waals surface area contributed by atoms with Gasteiger partial charge in [-0.2, -0.15) is 4.31 Å². The molecule has 0 fully saturated rings. The fraction of sp³-hybridized carbons (Fsp3) is 0.345. The topological polar surface area (TPSA) is 115 Å². The van der Waals surface area contributed by atoms with Gasteiger partial charge in [0.15, 0.2) is 5.82 Å². The van der Waals surface area contributed by atoms with Gasteiger partial charge in [0.05, 0.1) is 29.5 Å². The summed E-state index contributed by atoms with van der Waals surface area (Å²) in [6.07, 6.45) is -0.701. The number of rotatable bonds is 6. The van der Waals surface area contributed by atoms with E-state index in [2.05, 4.69) is 10.3 Å². The molecule has 0 amide bonds. The summed E-state index contributed by atoms with van der Waals surface area (Å²) >= 11 is 0. The summed E-state index contributed by atoms with van der Waals surface area (Å²) in [5.74, 6) is -2.53. The number of halogens is 1. The first-order valence-corrected chi connectivity index (χ1v) is 14.4. The van der Waals surface area contributed by atoms with Crippen LogP contribution in [0, 0.1) is 19.7 Å². The van der Waals surface area contributed by atoms with Gasteiger partial charge in [-0.1, -0.05) is 47.7 Å². The van der Waals surface area contributed by atoms with Gasteiger partial charge in [-0.3, -0.25) is 4.79 Å². The van der Waals surface area contributed by atoms with Crippen molar-refractivity contribution in [2.24, 2.45) is 7.05 Å². The average Bonchev–Trinajstić information content (AvgIpc) is 3.31. The maximum absolute atomic E-state index is 15.8. The van der Waals surface area contributed by atoms with E-state index in [9.17, 15) is 18.3 Å². The molecule has 210 valence electrons. The lowest BCUT2D eigenvalue weighted by Crippen LogP contribution is -2.39. The zero-order chi connectivity index (χ0) is 28.8. The number of ether oxygens (including phenoxy) is 1. The monoisotopic (exact) mass is 566 g/mol. The Bertz CT molecular complexity index is 1720.